The predicted molar refractivity (Wildman–Crippen MR) is 129 cm³/mol. The summed E-state index contributed by atoms with van der Waals surface area (Å²) in [5.41, 5.74) is 2.30. The zero-order chi connectivity index (χ0) is 18.2. The molecule has 0 saturated heterocycles. The van der Waals surface area contributed by atoms with E-state index in [0.717, 1.165) is 42.6 Å². The van der Waals surface area contributed by atoms with Crippen molar-refractivity contribution in [1.29, 1.82) is 0 Å². The Kier molecular flexibility index (Phi) is 9.23. The van der Waals surface area contributed by atoms with Crippen LogP contribution in [-0.4, -0.2) is 43.0 Å². The number of hydrogen-bond donors (Lipinski definition) is 1. The molecule has 3 rings (SSSR count). The van der Waals surface area contributed by atoms with Gasteiger partial charge in [0.05, 0.1) is 5.69 Å². The van der Waals surface area contributed by atoms with E-state index < -0.39 is 0 Å². The zero-order valence-corrected chi connectivity index (χ0v) is 19.6. The Morgan fingerprint density at radius 3 is 2.63 bits per heavy atom. The van der Waals surface area contributed by atoms with Crippen LogP contribution in [0.1, 0.15) is 10.6 Å². The molecule has 27 heavy (non-hydrogen) atoms. The molecule has 0 saturated carbocycles. The summed E-state index contributed by atoms with van der Waals surface area (Å²) in [5, 5.41) is 8.79. The van der Waals surface area contributed by atoms with E-state index in [4.69, 9.17) is 4.98 Å². The Morgan fingerprint density at radius 1 is 1.11 bits per heavy atom. The van der Waals surface area contributed by atoms with Crippen molar-refractivity contribution in [2.24, 2.45) is 4.99 Å². The molecule has 2 aromatic heterocycles. The monoisotopic (exact) mass is 512 g/mol. The summed E-state index contributed by atoms with van der Waals surface area (Å²) in [7, 11) is 3.92. The lowest BCUT2D eigenvalue weighted by molar-refractivity contribution is 0.487. The summed E-state index contributed by atoms with van der Waals surface area (Å²) in [6.07, 6.45) is 1.93. The van der Waals surface area contributed by atoms with Crippen molar-refractivity contribution in [1.82, 2.24) is 15.2 Å². The van der Waals surface area contributed by atoms with Crippen LogP contribution >= 0.6 is 46.7 Å². The number of aromatic nitrogens is 1. The van der Waals surface area contributed by atoms with Crippen molar-refractivity contribution in [2.75, 3.05) is 27.2 Å². The highest BCUT2D eigenvalue weighted by molar-refractivity contribution is 14.0. The molecular weight excluding hydrogens is 487 g/mol. The van der Waals surface area contributed by atoms with Crippen molar-refractivity contribution in [2.45, 2.75) is 12.8 Å². The second kappa shape index (κ2) is 11.4. The minimum atomic E-state index is 0. The molecule has 144 valence electrons. The molecule has 0 fully saturated rings. The topological polar surface area (TPSA) is 40.5 Å². The fourth-order valence-electron chi connectivity index (χ4n) is 2.66. The SMILES string of the molecule is CN=C(NCCc1csc(-c2ccccc2)n1)N(C)CCc1cccs1.I. The Morgan fingerprint density at radius 2 is 1.93 bits per heavy atom. The van der Waals surface area contributed by atoms with Gasteiger partial charge in [-0.05, 0) is 17.9 Å². The summed E-state index contributed by atoms with van der Waals surface area (Å²) in [6.45, 7) is 1.78. The summed E-state index contributed by atoms with van der Waals surface area (Å²) in [4.78, 5) is 12.7. The molecular formula is C20H25IN4S2. The van der Waals surface area contributed by atoms with Crippen LogP contribution in [0.3, 0.4) is 0 Å². The third-order valence-electron chi connectivity index (χ3n) is 4.08. The molecule has 0 unspecified atom stereocenters. The van der Waals surface area contributed by atoms with Gasteiger partial charge in [0.2, 0.25) is 0 Å². The quantitative estimate of drug-likeness (QED) is 0.282. The van der Waals surface area contributed by atoms with Gasteiger partial charge in [-0.1, -0.05) is 36.4 Å². The van der Waals surface area contributed by atoms with Gasteiger partial charge in [-0.2, -0.15) is 0 Å². The zero-order valence-electron chi connectivity index (χ0n) is 15.6. The average molecular weight is 512 g/mol. The van der Waals surface area contributed by atoms with Gasteiger partial charge in [-0.25, -0.2) is 4.98 Å². The van der Waals surface area contributed by atoms with Crippen molar-refractivity contribution in [3.8, 4) is 10.6 Å². The highest BCUT2D eigenvalue weighted by Crippen LogP contribution is 2.23. The van der Waals surface area contributed by atoms with Gasteiger partial charge in [0.25, 0.3) is 0 Å². The Bertz CT molecular complexity index is 816. The maximum absolute atomic E-state index is 4.74. The summed E-state index contributed by atoms with van der Waals surface area (Å²) < 4.78 is 0. The van der Waals surface area contributed by atoms with E-state index in [9.17, 15) is 0 Å². The van der Waals surface area contributed by atoms with Crippen LogP contribution < -0.4 is 5.32 Å². The molecule has 0 aliphatic heterocycles. The third kappa shape index (κ3) is 6.58. The van der Waals surface area contributed by atoms with Crippen LogP contribution in [0.15, 0.2) is 58.2 Å². The van der Waals surface area contributed by atoms with E-state index in [0.29, 0.717) is 0 Å². The number of thiophene rings is 1. The van der Waals surface area contributed by atoms with E-state index in [-0.39, 0.29) is 24.0 Å². The summed E-state index contributed by atoms with van der Waals surface area (Å²) in [6, 6.07) is 14.6. The molecule has 0 bridgehead atoms. The third-order valence-corrected chi connectivity index (χ3v) is 5.96. The molecule has 0 aliphatic carbocycles. The van der Waals surface area contributed by atoms with E-state index in [1.807, 2.05) is 25.2 Å². The number of nitrogens with zero attached hydrogens (tertiary/aromatic N) is 3. The van der Waals surface area contributed by atoms with Crippen LogP contribution in [0.25, 0.3) is 10.6 Å². The van der Waals surface area contributed by atoms with Gasteiger partial charge in [-0.15, -0.1) is 46.7 Å². The molecule has 0 atom stereocenters. The molecule has 1 N–H and O–H groups in total. The average Bonchev–Trinajstić information content (AvgIpc) is 3.36. The van der Waals surface area contributed by atoms with E-state index >= 15 is 0 Å². The normalized spacial score (nSPS) is 11.1. The highest BCUT2D eigenvalue weighted by Gasteiger charge is 2.08. The first-order valence-electron chi connectivity index (χ1n) is 8.70. The van der Waals surface area contributed by atoms with Crippen molar-refractivity contribution in [3.05, 3.63) is 63.8 Å². The predicted octanol–water partition coefficient (Wildman–Crippen LogP) is 4.78. The number of hydrogen-bond acceptors (Lipinski definition) is 4. The lowest BCUT2D eigenvalue weighted by Gasteiger charge is -2.21. The second-order valence-electron chi connectivity index (χ2n) is 5.98. The first-order valence-corrected chi connectivity index (χ1v) is 10.5. The lowest BCUT2D eigenvalue weighted by Crippen LogP contribution is -2.40. The molecule has 0 amide bonds. The molecule has 7 heteroatoms. The fourth-order valence-corrected chi connectivity index (χ4v) is 4.22. The Balaban J connectivity index is 0.00000261. The number of likely N-dealkylation sites (N-methyl/N-ethyl adjacent to an activating group) is 1. The van der Waals surface area contributed by atoms with Crippen LogP contribution in [0.4, 0.5) is 0 Å². The van der Waals surface area contributed by atoms with E-state index in [1.54, 1.807) is 22.7 Å². The van der Waals surface area contributed by atoms with Gasteiger partial charge < -0.3 is 10.2 Å². The van der Waals surface area contributed by atoms with Gasteiger partial charge in [0, 0.05) is 49.4 Å². The number of benzene rings is 1. The number of aliphatic imine (C=N–C) groups is 1. The number of thiazole rings is 1. The first kappa shape index (κ1) is 21.8. The minimum Gasteiger partial charge on any atom is -0.356 e. The number of guanidine groups is 1. The Labute approximate surface area is 186 Å². The summed E-state index contributed by atoms with van der Waals surface area (Å²) >= 11 is 3.51. The molecule has 0 radical (unpaired) electrons. The lowest BCUT2D eigenvalue weighted by atomic mass is 10.2. The van der Waals surface area contributed by atoms with Gasteiger partial charge in [0.1, 0.15) is 5.01 Å². The van der Waals surface area contributed by atoms with Crippen LogP contribution in [0.2, 0.25) is 0 Å². The van der Waals surface area contributed by atoms with Gasteiger partial charge in [0.15, 0.2) is 5.96 Å². The molecule has 3 aromatic rings. The van der Waals surface area contributed by atoms with E-state index in [1.165, 1.54) is 10.4 Å². The first-order chi connectivity index (χ1) is 12.8. The standard InChI is InChI=1S/C20H24N4S2.HI/c1-21-20(24(2)13-11-18-9-6-14-25-18)22-12-10-17-15-26-19(23-17)16-7-4-3-5-8-16;/h3-9,14-15H,10-13H2,1-2H3,(H,21,22);1H. The largest absolute Gasteiger partial charge is 0.356 e. The van der Waals surface area contributed by atoms with Gasteiger partial charge in [-0.3, -0.25) is 4.99 Å². The molecule has 2 heterocycles. The van der Waals surface area contributed by atoms with E-state index in [2.05, 4.69) is 57.3 Å². The molecule has 1 aromatic carbocycles. The molecule has 4 nitrogen and oxygen atoms in total. The smallest absolute Gasteiger partial charge is 0.193 e. The van der Waals surface area contributed by atoms with Crippen molar-refractivity contribution >= 4 is 52.6 Å². The summed E-state index contributed by atoms with van der Waals surface area (Å²) in [5.74, 6) is 0.931. The number of rotatable bonds is 7. The van der Waals surface area contributed by atoms with Crippen molar-refractivity contribution in [3.63, 3.8) is 0 Å². The van der Waals surface area contributed by atoms with Crippen molar-refractivity contribution < 1.29 is 0 Å². The van der Waals surface area contributed by atoms with Crippen LogP contribution in [0, 0.1) is 0 Å². The maximum Gasteiger partial charge on any atom is 0.193 e. The second-order valence-corrected chi connectivity index (χ2v) is 7.88. The Hall–Kier alpha value is -1.45. The van der Waals surface area contributed by atoms with Gasteiger partial charge >= 0.3 is 0 Å². The van der Waals surface area contributed by atoms with Crippen LogP contribution in [-0.2, 0) is 12.8 Å². The maximum atomic E-state index is 4.74. The molecule has 0 aliphatic rings. The van der Waals surface area contributed by atoms with Crippen LogP contribution in [0.5, 0.6) is 0 Å². The fraction of sp³-hybridized carbons (Fsp3) is 0.300. The minimum absolute atomic E-state index is 0. The molecule has 0 spiro atoms. The number of halogens is 1. The number of nitrogens with one attached hydrogen (secondary N) is 1. The highest BCUT2D eigenvalue weighted by atomic mass is 127.